The smallest absolute Gasteiger partial charge is 0.226 e. The Labute approximate surface area is 163 Å². The first kappa shape index (κ1) is 20.2. The van der Waals surface area contributed by atoms with Crippen LogP contribution in [0, 0.1) is 11.8 Å². The van der Waals surface area contributed by atoms with Crippen molar-refractivity contribution in [3.63, 3.8) is 0 Å². The molecule has 0 spiro atoms. The Hall–Kier alpha value is -1.56. The molecule has 2 aliphatic rings. The van der Waals surface area contributed by atoms with E-state index in [1.807, 2.05) is 29.2 Å². The molecule has 1 amide bonds. The number of rotatable bonds is 8. The van der Waals surface area contributed by atoms with Gasteiger partial charge in [-0.15, -0.1) is 0 Å². The van der Waals surface area contributed by atoms with Crippen LogP contribution in [0.25, 0.3) is 0 Å². The summed E-state index contributed by atoms with van der Waals surface area (Å²) in [6.45, 7) is 5.53. The predicted molar refractivity (Wildman–Crippen MR) is 107 cm³/mol. The summed E-state index contributed by atoms with van der Waals surface area (Å²) < 4.78 is 30.0. The van der Waals surface area contributed by atoms with E-state index in [0.29, 0.717) is 25.4 Å². The third kappa shape index (κ3) is 5.96. The van der Waals surface area contributed by atoms with E-state index in [-0.39, 0.29) is 22.8 Å². The molecular formula is C21H31NO4S. The lowest BCUT2D eigenvalue weighted by atomic mass is 9.98. The number of ether oxygens (including phenoxy) is 1. The summed E-state index contributed by atoms with van der Waals surface area (Å²) in [4.78, 5) is 14.5. The molecule has 27 heavy (non-hydrogen) atoms. The lowest BCUT2D eigenvalue weighted by Gasteiger charge is -2.32. The summed E-state index contributed by atoms with van der Waals surface area (Å²) in [6, 6.07) is 7.80. The predicted octanol–water partition coefficient (Wildman–Crippen LogP) is 3.08. The van der Waals surface area contributed by atoms with Gasteiger partial charge in [-0.05, 0) is 69.1 Å². The number of piperidine rings is 1. The topological polar surface area (TPSA) is 63.7 Å². The number of sulfone groups is 1. The van der Waals surface area contributed by atoms with E-state index < -0.39 is 9.84 Å². The standard InChI is InChI=1S/C21H31NO4S/c1-16(2)27(24,25)15-18-8-10-22(11-9-18)21(23)13-19-4-3-5-20(12-19)26-14-17-6-7-17/h3-5,12,16-18H,6-11,13-15H2,1-2H3. The van der Waals surface area contributed by atoms with Crippen LogP contribution < -0.4 is 4.74 Å². The van der Waals surface area contributed by atoms with Gasteiger partial charge in [0.2, 0.25) is 5.91 Å². The lowest BCUT2D eigenvalue weighted by Crippen LogP contribution is -2.41. The molecule has 0 N–H and O–H groups in total. The van der Waals surface area contributed by atoms with E-state index >= 15 is 0 Å². The van der Waals surface area contributed by atoms with Crippen LogP contribution in [0.2, 0.25) is 0 Å². The molecular weight excluding hydrogens is 362 g/mol. The number of amides is 1. The summed E-state index contributed by atoms with van der Waals surface area (Å²) in [7, 11) is -3.01. The maximum atomic E-state index is 12.6. The number of nitrogens with zero attached hydrogens (tertiary/aromatic N) is 1. The van der Waals surface area contributed by atoms with E-state index in [1.54, 1.807) is 13.8 Å². The van der Waals surface area contributed by atoms with E-state index in [0.717, 1.165) is 30.8 Å². The zero-order chi connectivity index (χ0) is 19.4. The average molecular weight is 394 g/mol. The molecule has 0 aromatic heterocycles. The van der Waals surface area contributed by atoms with E-state index in [4.69, 9.17) is 4.74 Å². The second-order valence-electron chi connectivity index (χ2n) is 8.28. The van der Waals surface area contributed by atoms with Crippen LogP contribution in [0.4, 0.5) is 0 Å². The van der Waals surface area contributed by atoms with Crippen molar-refractivity contribution in [2.75, 3.05) is 25.4 Å². The molecule has 2 fully saturated rings. The highest BCUT2D eigenvalue weighted by Gasteiger charge is 2.28. The number of carbonyl (C=O) groups excluding carboxylic acids is 1. The molecule has 0 bridgehead atoms. The van der Waals surface area contributed by atoms with Crippen molar-refractivity contribution in [3.05, 3.63) is 29.8 Å². The average Bonchev–Trinajstić information content (AvgIpc) is 3.45. The Bertz CT molecular complexity index is 747. The fraction of sp³-hybridized carbons (Fsp3) is 0.667. The fourth-order valence-electron chi connectivity index (χ4n) is 3.40. The normalized spacial score (nSPS) is 18.7. The highest BCUT2D eigenvalue weighted by Crippen LogP contribution is 2.29. The fourth-order valence-corrected chi connectivity index (χ4v) is 4.78. The molecule has 0 atom stereocenters. The summed E-state index contributed by atoms with van der Waals surface area (Å²) in [6.07, 6.45) is 4.42. The van der Waals surface area contributed by atoms with Crippen molar-refractivity contribution in [2.45, 2.75) is 51.2 Å². The van der Waals surface area contributed by atoms with Crippen LogP contribution in [0.5, 0.6) is 5.75 Å². The zero-order valence-corrected chi connectivity index (χ0v) is 17.2. The van der Waals surface area contributed by atoms with Crippen molar-refractivity contribution in [1.82, 2.24) is 4.90 Å². The van der Waals surface area contributed by atoms with Crippen molar-refractivity contribution < 1.29 is 17.9 Å². The summed E-state index contributed by atoms with van der Waals surface area (Å²) in [5, 5.41) is -0.327. The molecule has 150 valence electrons. The van der Waals surface area contributed by atoms with Crippen LogP contribution >= 0.6 is 0 Å². The molecule has 1 aromatic rings. The third-order valence-corrected chi connectivity index (χ3v) is 7.96. The first-order valence-corrected chi connectivity index (χ1v) is 11.8. The SMILES string of the molecule is CC(C)S(=O)(=O)CC1CCN(C(=O)Cc2cccc(OCC3CC3)c2)CC1. The molecule has 6 heteroatoms. The van der Waals surface area contributed by atoms with Gasteiger partial charge in [-0.2, -0.15) is 0 Å². The minimum atomic E-state index is -3.01. The number of carbonyl (C=O) groups is 1. The molecule has 1 aromatic carbocycles. The summed E-state index contributed by atoms with van der Waals surface area (Å²) in [5.41, 5.74) is 0.970. The first-order valence-electron chi connectivity index (χ1n) is 10.0. The largest absolute Gasteiger partial charge is 0.493 e. The Morgan fingerprint density at radius 2 is 1.85 bits per heavy atom. The van der Waals surface area contributed by atoms with Gasteiger partial charge in [0.15, 0.2) is 9.84 Å². The second kappa shape index (κ2) is 8.63. The third-order valence-electron chi connectivity index (χ3n) is 5.59. The van der Waals surface area contributed by atoms with Gasteiger partial charge in [0.25, 0.3) is 0 Å². The van der Waals surface area contributed by atoms with Crippen molar-refractivity contribution in [1.29, 1.82) is 0 Å². The minimum absolute atomic E-state index is 0.111. The van der Waals surface area contributed by atoms with Crippen LogP contribution in [0.3, 0.4) is 0 Å². The van der Waals surface area contributed by atoms with Gasteiger partial charge in [0, 0.05) is 13.1 Å². The molecule has 1 heterocycles. The summed E-state index contributed by atoms with van der Waals surface area (Å²) >= 11 is 0. The van der Waals surface area contributed by atoms with Crippen molar-refractivity contribution in [2.24, 2.45) is 11.8 Å². The monoisotopic (exact) mass is 393 g/mol. The van der Waals surface area contributed by atoms with Crippen molar-refractivity contribution >= 4 is 15.7 Å². The Morgan fingerprint density at radius 1 is 1.15 bits per heavy atom. The molecule has 0 radical (unpaired) electrons. The molecule has 3 rings (SSSR count). The number of hydrogen-bond acceptors (Lipinski definition) is 4. The molecule has 1 saturated carbocycles. The van der Waals surface area contributed by atoms with Gasteiger partial charge in [-0.1, -0.05) is 12.1 Å². The van der Waals surface area contributed by atoms with E-state index in [2.05, 4.69) is 0 Å². The van der Waals surface area contributed by atoms with Gasteiger partial charge in [0.1, 0.15) is 5.75 Å². The Kier molecular flexibility index (Phi) is 6.45. The quantitative estimate of drug-likeness (QED) is 0.681. The zero-order valence-electron chi connectivity index (χ0n) is 16.4. The van der Waals surface area contributed by atoms with Gasteiger partial charge < -0.3 is 9.64 Å². The highest BCUT2D eigenvalue weighted by molar-refractivity contribution is 7.91. The number of benzene rings is 1. The van der Waals surface area contributed by atoms with E-state index in [9.17, 15) is 13.2 Å². The van der Waals surface area contributed by atoms with E-state index in [1.165, 1.54) is 12.8 Å². The highest BCUT2D eigenvalue weighted by atomic mass is 32.2. The maximum Gasteiger partial charge on any atom is 0.226 e. The van der Waals surface area contributed by atoms with Gasteiger partial charge in [-0.3, -0.25) is 4.79 Å². The van der Waals surface area contributed by atoms with Crippen LogP contribution in [-0.4, -0.2) is 49.9 Å². The van der Waals surface area contributed by atoms with Gasteiger partial charge in [-0.25, -0.2) is 8.42 Å². The minimum Gasteiger partial charge on any atom is -0.493 e. The number of likely N-dealkylation sites (tertiary alicyclic amines) is 1. The van der Waals surface area contributed by atoms with Gasteiger partial charge in [0.05, 0.1) is 24.0 Å². The summed E-state index contributed by atoms with van der Waals surface area (Å²) in [5.74, 6) is 2.06. The molecule has 5 nitrogen and oxygen atoms in total. The Morgan fingerprint density at radius 3 is 2.48 bits per heavy atom. The Balaban J connectivity index is 1.47. The molecule has 0 unspecified atom stereocenters. The molecule has 1 aliphatic carbocycles. The molecule has 1 saturated heterocycles. The lowest BCUT2D eigenvalue weighted by molar-refractivity contribution is -0.131. The first-order chi connectivity index (χ1) is 12.8. The maximum absolute atomic E-state index is 12.6. The van der Waals surface area contributed by atoms with Gasteiger partial charge >= 0.3 is 0 Å². The van der Waals surface area contributed by atoms with Crippen LogP contribution in [0.15, 0.2) is 24.3 Å². The van der Waals surface area contributed by atoms with Crippen LogP contribution in [-0.2, 0) is 21.1 Å². The van der Waals surface area contributed by atoms with Crippen molar-refractivity contribution in [3.8, 4) is 5.75 Å². The second-order valence-corrected chi connectivity index (χ2v) is 10.9. The molecule has 1 aliphatic heterocycles. The van der Waals surface area contributed by atoms with Crippen LogP contribution in [0.1, 0.15) is 45.1 Å². The number of hydrogen-bond donors (Lipinski definition) is 0.